The van der Waals surface area contributed by atoms with Gasteiger partial charge in [-0.25, -0.2) is 0 Å². The molecule has 3 amide bonds. The number of hydrogen-bond donors (Lipinski definition) is 2. The normalized spacial score (nSPS) is 15.0. The second kappa shape index (κ2) is 11.5. The van der Waals surface area contributed by atoms with Crippen molar-refractivity contribution < 1.29 is 19.1 Å². The number of ether oxygens (including phenoxy) is 1. The molecule has 186 valence electrons. The first-order valence-electron chi connectivity index (χ1n) is 12.1. The molecule has 7 nitrogen and oxygen atoms in total. The van der Waals surface area contributed by atoms with Gasteiger partial charge in [0.25, 0.3) is 5.91 Å². The lowest BCUT2D eigenvalue weighted by Crippen LogP contribution is -2.34. The van der Waals surface area contributed by atoms with Gasteiger partial charge in [-0.2, -0.15) is 0 Å². The third-order valence-electron chi connectivity index (χ3n) is 6.45. The van der Waals surface area contributed by atoms with Crippen molar-refractivity contribution in [3.63, 3.8) is 0 Å². The second-order valence-corrected chi connectivity index (χ2v) is 9.01. The fraction of sp³-hybridized carbons (Fsp3) is 0.276. The average molecular weight is 486 g/mol. The first-order chi connectivity index (χ1) is 17.4. The van der Waals surface area contributed by atoms with Crippen molar-refractivity contribution in [3.8, 4) is 5.75 Å². The fourth-order valence-corrected chi connectivity index (χ4v) is 4.20. The molecule has 2 N–H and O–H groups in total. The van der Waals surface area contributed by atoms with E-state index in [1.165, 1.54) is 0 Å². The Bertz CT molecular complexity index is 1230. The van der Waals surface area contributed by atoms with Gasteiger partial charge in [-0.3, -0.25) is 14.4 Å². The largest absolute Gasteiger partial charge is 0.484 e. The highest BCUT2D eigenvalue weighted by atomic mass is 16.5. The van der Waals surface area contributed by atoms with Gasteiger partial charge in [0.15, 0.2) is 6.61 Å². The monoisotopic (exact) mass is 485 g/mol. The summed E-state index contributed by atoms with van der Waals surface area (Å²) in [6.45, 7) is 4.71. The molecule has 0 saturated carbocycles. The SMILES string of the molecule is Cc1cccc(NC(=O)COc2ccc(N3C[C@@H](C(=O)NCCc4ccccc4)CC3=O)cc2)c1C. The summed E-state index contributed by atoms with van der Waals surface area (Å²) >= 11 is 0. The Morgan fingerprint density at radius 2 is 1.72 bits per heavy atom. The minimum atomic E-state index is -0.377. The van der Waals surface area contributed by atoms with E-state index < -0.39 is 0 Å². The number of nitrogens with zero attached hydrogens (tertiary/aromatic N) is 1. The van der Waals surface area contributed by atoms with E-state index in [0.717, 1.165) is 28.8 Å². The molecule has 3 aromatic rings. The van der Waals surface area contributed by atoms with Gasteiger partial charge >= 0.3 is 0 Å². The summed E-state index contributed by atoms with van der Waals surface area (Å²) < 4.78 is 5.62. The van der Waals surface area contributed by atoms with E-state index >= 15 is 0 Å². The Balaban J connectivity index is 1.25. The molecule has 1 aliphatic rings. The minimum Gasteiger partial charge on any atom is -0.484 e. The number of anilines is 2. The Morgan fingerprint density at radius 3 is 2.47 bits per heavy atom. The Labute approximate surface area is 211 Å². The first-order valence-corrected chi connectivity index (χ1v) is 12.1. The molecule has 1 heterocycles. The van der Waals surface area contributed by atoms with Crippen LogP contribution >= 0.6 is 0 Å². The average Bonchev–Trinajstić information content (AvgIpc) is 3.28. The highest BCUT2D eigenvalue weighted by Gasteiger charge is 2.34. The molecule has 1 aliphatic heterocycles. The summed E-state index contributed by atoms with van der Waals surface area (Å²) in [6, 6.07) is 22.7. The van der Waals surface area contributed by atoms with E-state index in [4.69, 9.17) is 4.74 Å². The maximum atomic E-state index is 12.6. The Morgan fingerprint density at radius 1 is 0.972 bits per heavy atom. The van der Waals surface area contributed by atoms with Crippen LogP contribution in [0.5, 0.6) is 5.75 Å². The van der Waals surface area contributed by atoms with Gasteiger partial charge in [0.1, 0.15) is 5.75 Å². The molecule has 0 aromatic heterocycles. The third kappa shape index (κ3) is 6.30. The number of aryl methyl sites for hydroxylation is 1. The lowest BCUT2D eigenvalue weighted by molar-refractivity contribution is -0.126. The lowest BCUT2D eigenvalue weighted by atomic mass is 10.1. The molecule has 1 saturated heterocycles. The smallest absolute Gasteiger partial charge is 0.262 e. The van der Waals surface area contributed by atoms with Crippen molar-refractivity contribution in [2.45, 2.75) is 26.7 Å². The summed E-state index contributed by atoms with van der Waals surface area (Å²) in [6.07, 6.45) is 0.939. The number of carbonyl (C=O) groups excluding carboxylic acids is 3. The van der Waals surface area contributed by atoms with Crippen molar-refractivity contribution in [1.82, 2.24) is 5.32 Å². The number of hydrogen-bond acceptors (Lipinski definition) is 4. The molecule has 1 fully saturated rings. The molecule has 0 radical (unpaired) electrons. The molecule has 7 heteroatoms. The third-order valence-corrected chi connectivity index (χ3v) is 6.45. The van der Waals surface area contributed by atoms with Crippen LogP contribution in [-0.4, -0.2) is 37.4 Å². The summed E-state index contributed by atoms with van der Waals surface area (Å²) in [5.41, 5.74) is 4.75. The van der Waals surface area contributed by atoms with E-state index in [2.05, 4.69) is 10.6 Å². The minimum absolute atomic E-state index is 0.0835. The zero-order valence-corrected chi connectivity index (χ0v) is 20.6. The predicted octanol–water partition coefficient (Wildman–Crippen LogP) is 4.03. The van der Waals surface area contributed by atoms with E-state index in [1.807, 2.05) is 62.4 Å². The zero-order valence-electron chi connectivity index (χ0n) is 20.6. The molecule has 0 aliphatic carbocycles. The number of carbonyl (C=O) groups is 3. The van der Waals surface area contributed by atoms with E-state index in [0.29, 0.717) is 24.5 Å². The zero-order chi connectivity index (χ0) is 25.5. The van der Waals surface area contributed by atoms with Crippen LogP contribution in [0.25, 0.3) is 0 Å². The van der Waals surface area contributed by atoms with Crippen LogP contribution in [0.2, 0.25) is 0 Å². The van der Waals surface area contributed by atoms with Gasteiger partial charge in [0, 0.05) is 30.9 Å². The van der Waals surface area contributed by atoms with Crippen molar-refractivity contribution in [2.24, 2.45) is 5.92 Å². The van der Waals surface area contributed by atoms with Gasteiger partial charge in [-0.15, -0.1) is 0 Å². The Kier molecular flexibility index (Phi) is 8.00. The number of benzene rings is 3. The van der Waals surface area contributed by atoms with Gasteiger partial charge in [-0.1, -0.05) is 42.5 Å². The predicted molar refractivity (Wildman–Crippen MR) is 140 cm³/mol. The van der Waals surface area contributed by atoms with E-state index in [1.54, 1.807) is 29.2 Å². The maximum Gasteiger partial charge on any atom is 0.262 e. The number of nitrogens with one attached hydrogen (secondary N) is 2. The summed E-state index contributed by atoms with van der Waals surface area (Å²) in [7, 11) is 0. The molecular weight excluding hydrogens is 454 g/mol. The van der Waals surface area contributed by atoms with Gasteiger partial charge in [-0.05, 0) is 67.3 Å². The molecule has 1 atom stereocenters. The molecular formula is C29H31N3O4. The topological polar surface area (TPSA) is 87.7 Å². The molecule has 0 unspecified atom stereocenters. The molecule has 0 bridgehead atoms. The molecule has 36 heavy (non-hydrogen) atoms. The second-order valence-electron chi connectivity index (χ2n) is 9.01. The lowest BCUT2D eigenvalue weighted by Gasteiger charge is -2.17. The van der Waals surface area contributed by atoms with Crippen LogP contribution in [-0.2, 0) is 20.8 Å². The van der Waals surface area contributed by atoms with E-state index in [-0.39, 0.29) is 36.7 Å². The van der Waals surface area contributed by atoms with Crippen molar-refractivity contribution in [2.75, 3.05) is 29.9 Å². The Hall–Kier alpha value is -4.13. The van der Waals surface area contributed by atoms with Gasteiger partial charge < -0.3 is 20.3 Å². The van der Waals surface area contributed by atoms with Crippen LogP contribution < -0.4 is 20.3 Å². The fourth-order valence-electron chi connectivity index (χ4n) is 4.20. The number of rotatable bonds is 9. The highest BCUT2D eigenvalue weighted by Crippen LogP contribution is 2.27. The van der Waals surface area contributed by atoms with Crippen molar-refractivity contribution >= 4 is 29.1 Å². The van der Waals surface area contributed by atoms with Crippen LogP contribution in [0.1, 0.15) is 23.1 Å². The van der Waals surface area contributed by atoms with Crippen molar-refractivity contribution in [3.05, 3.63) is 89.5 Å². The van der Waals surface area contributed by atoms with Gasteiger partial charge in [0.2, 0.25) is 11.8 Å². The summed E-state index contributed by atoms with van der Waals surface area (Å²) in [4.78, 5) is 39.1. The van der Waals surface area contributed by atoms with Crippen molar-refractivity contribution in [1.29, 1.82) is 0 Å². The first kappa shape index (κ1) is 25.0. The van der Waals surface area contributed by atoms with Crippen LogP contribution in [0, 0.1) is 19.8 Å². The standard InChI is InChI=1S/C29H31N3O4/c1-20-7-6-10-26(21(20)2)31-27(33)19-36-25-13-11-24(12-14-25)32-18-23(17-28(32)34)29(35)30-16-15-22-8-4-3-5-9-22/h3-14,23H,15-19H2,1-2H3,(H,30,35)(H,31,33)/t23-/m0/s1. The number of amides is 3. The van der Waals surface area contributed by atoms with Gasteiger partial charge in [0.05, 0.1) is 5.92 Å². The highest BCUT2D eigenvalue weighted by molar-refractivity contribution is 6.00. The molecule has 4 rings (SSSR count). The maximum absolute atomic E-state index is 12.6. The van der Waals surface area contributed by atoms with Crippen LogP contribution in [0.4, 0.5) is 11.4 Å². The van der Waals surface area contributed by atoms with Crippen LogP contribution in [0.15, 0.2) is 72.8 Å². The quantitative estimate of drug-likeness (QED) is 0.479. The molecule has 3 aromatic carbocycles. The van der Waals surface area contributed by atoms with Crippen LogP contribution in [0.3, 0.4) is 0 Å². The van der Waals surface area contributed by atoms with E-state index in [9.17, 15) is 14.4 Å². The summed E-state index contributed by atoms with van der Waals surface area (Å²) in [5, 5.41) is 5.82. The summed E-state index contributed by atoms with van der Waals surface area (Å²) in [5.74, 6) is -0.283. The molecule has 0 spiro atoms.